The van der Waals surface area contributed by atoms with Crippen molar-refractivity contribution in [2.24, 2.45) is 5.73 Å². The Morgan fingerprint density at radius 3 is 2.31 bits per heavy atom. The highest BCUT2D eigenvalue weighted by Crippen LogP contribution is 2.06. The summed E-state index contributed by atoms with van der Waals surface area (Å²) in [6, 6.07) is 8.54. The van der Waals surface area contributed by atoms with E-state index in [0.717, 1.165) is 6.42 Å². The van der Waals surface area contributed by atoms with E-state index in [1.54, 1.807) is 0 Å². The molecule has 0 radical (unpaired) electrons. The number of terminal acetylenes is 1. The Labute approximate surface area is 80.0 Å². The van der Waals surface area contributed by atoms with Gasteiger partial charge in [-0.25, -0.2) is 0 Å². The summed E-state index contributed by atoms with van der Waals surface area (Å²) >= 11 is 0. The molecule has 0 aliphatic heterocycles. The van der Waals surface area contributed by atoms with Crippen LogP contribution in [0.5, 0.6) is 0 Å². The third-order valence-electron chi connectivity index (χ3n) is 1.89. The van der Waals surface area contributed by atoms with Gasteiger partial charge in [-0.1, -0.05) is 24.3 Å². The van der Waals surface area contributed by atoms with Crippen molar-refractivity contribution >= 4 is 0 Å². The molecule has 0 unspecified atom stereocenters. The third-order valence-corrected chi connectivity index (χ3v) is 1.89. The van der Waals surface area contributed by atoms with Crippen molar-refractivity contribution in [2.45, 2.75) is 25.8 Å². The smallest absolute Gasteiger partial charge is 0.0337 e. The van der Waals surface area contributed by atoms with E-state index in [9.17, 15) is 0 Å². The molecule has 0 aliphatic rings. The highest BCUT2D eigenvalue weighted by Gasteiger charge is 1.97. The standard InChI is InChI=1S/C12H15N/c1-3-4-11-5-7-12(8-6-11)9-10(2)13/h1,5-8,10H,4,9,13H2,2H3/t10-/m1/s1. The summed E-state index contributed by atoms with van der Waals surface area (Å²) in [5.74, 6) is 2.62. The van der Waals surface area contributed by atoms with Gasteiger partial charge in [0.15, 0.2) is 0 Å². The topological polar surface area (TPSA) is 26.0 Å². The lowest BCUT2D eigenvalue weighted by atomic mass is 10.0. The van der Waals surface area contributed by atoms with Crippen LogP contribution in [0, 0.1) is 12.3 Å². The largest absolute Gasteiger partial charge is 0.328 e. The van der Waals surface area contributed by atoms with Crippen molar-refractivity contribution in [2.75, 3.05) is 0 Å². The SMILES string of the molecule is C#CCc1ccc(C[C@@H](C)N)cc1. The van der Waals surface area contributed by atoms with Crippen LogP contribution in [0.25, 0.3) is 0 Å². The molecule has 0 aliphatic carbocycles. The van der Waals surface area contributed by atoms with Crippen LogP contribution in [0.4, 0.5) is 0 Å². The lowest BCUT2D eigenvalue weighted by molar-refractivity contribution is 0.738. The van der Waals surface area contributed by atoms with Crippen LogP contribution in [-0.2, 0) is 12.8 Å². The Hall–Kier alpha value is -1.26. The first-order valence-electron chi connectivity index (χ1n) is 4.49. The maximum absolute atomic E-state index is 5.69. The zero-order valence-electron chi connectivity index (χ0n) is 7.96. The van der Waals surface area contributed by atoms with E-state index < -0.39 is 0 Å². The molecular weight excluding hydrogens is 158 g/mol. The van der Waals surface area contributed by atoms with Crippen LogP contribution >= 0.6 is 0 Å². The first-order valence-corrected chi connectivity index (χ1v) is 4.49. The van der Waals surface area contributed by atoms with Gasteiger partial charge < -0.3 is 5.73 Å². The Bertz CT molecular complexity index is 290. The van der Waals surface area contributed by atoms with Crippen LogP contribution in [0.1, 0.15) is 18.1 Å². The van der Waals surface area contributed by atoms with E-state index >= 15 is 0 Å². The van der Waals surface area contributed by atoms with Gasteiger partial charge >= 0.3 is 0 Å². The number of nitrogens with two attached hydrogens (primary N) is 1. The molecule has 1 atom stereocenters. The molecule has 0 fully saturated rings. The predicted molar refractivity (Wildman–Crippen MR) is 56.3 cm³/mol. The second-order valence-corrected chi connectivity index (χ2v) is 3.38. The lowest BCUT2D eigenvalue weighted by Crippen LogP contribution is -2.17. The number of hydrogen-bond donors (Lipinski definition) is 1. The molecule has 0 bridgehead atoms. The monoisotopic (exact) mass is 173 g/mol. The summed E-state index contributed by atoms with van der Waals surface area (Å²) in [5, 5.41) is 0. The molecule has 1 aromatic rings. The van der Waals surface area contributed by atoms with Gasteiger partial charge in [0.2, 0.25) is 0 Å². The van der Waals surface area contributed by atoms with Crippen LogP contribution in [0.2, 0.25) is 0 Å². The van der Waals surface area contributed by atoms with Crippen molar-refractivity contribution in [3.8, 4) is 12.3 Å². The van der Waals surface area contributed by atoms with Gasteiger partial charge in [-0.05, 0) is 24.5 Å². The molecule has 0 amide bonds. The van der Waals surface area contributed by atoms with Gasteiger partial charge in [-0.3, -0.25) is 0 Å². The number of hydrogen-bond acceptors (Lipinski definition) is 1. The normalized spacial score (nSPS) is 12.1. The van der Waals surface area contributed by atoms with E-state index in [1.165, 1.54) is 11.1 Å². The summed E-state index contributed by atoms with van der Waals surface area (Å²) in [7, 11) is 0. The van der Waals surface area contributed by atoms with Crippen molar-refractivity contribution in [3.05, 3.63) is 35.4 Å². The molecule has 0 aromatic heterocycles. The molecule has 68 valence electrons. The summed E-state index contributed by atoms with van der Waals surface area (Å²) in [6.45, 7) is 2.01. The van der Waals surface area contributed by atoms with E-state index in [1.807, 2.05) is 6.92 Å². The average Bonchev–Trinajstić information content (AvgIpc) is 2.08. The van der Waals surface area contributed by atoms with E-state index in [0.29, 0.717) is 6.42 Å². The summed E-state index contributed by atoms with van der Waals surface area (Å²) < 4.78 is 0. The summed E-state index contributed by atoms with van der Waals surface area (Å²) in [5.41, 5.74) is 8.15. The molecule has 1 heteroatoms. The zero-order valence-corrected chi connectivity index (χ0v) is 7.96. The Morgan fingerprint density at radius 1 is 1.31 bits per heavy atom. The molecule has 1 rings (SSSR count). The average molecular weight is 173 g/mol. The second kappa shape index (κ2) is 4.69. The van der Waals surface area contributed by atoms with Crippen molar-refractivity contribution in [3.63, 3.8) is 0 Å². The minimum atomic E-state index is 0.221. The fourth-order valence-electron chi connectivity index (χ4n) is 1.28. The number of benzene rings is 1. The lowest BCUT2D eigenvalue weighted by Gasteiger charge is -2.05. The predicted octanol–water partition coefficient (Wildman–Crippen LogP) is 1.75. The molecule has 0 spiro atoms. The molecule has 0 heterocycles. The van der Waals surface area contributed by atoms with Gasteiger partial charge in [0.05, 0.1) is 0 Å². The van der Waals surface area contributed by atoms with E-state index in [2.05, 4.69) is 30.2 Å². The van der Waals surface area contributed by atoms with Gasteiger partial charge in [0.1, 0.15) is 0 Å². The molecule has 2 N–H and O–H groups in total. The molecule has 13 heavy (non-hydrogen) atoms. The first kappa shape index (κ1) is 9.83. The van der Waals surface area contributed by atoms with Crippen LogP contribution in [-0.4, -0.2) is 6.04 Å². The first-order chi connectivity index (χ1) is 6.22. The number of rotatable bonds is 3. The van der Waals surface area contributed by atoms with Gasteiger partial charge in [0.25, 0.3) is 0 Å². The van der Waals surface area contributed by atoms with Crippen molar-refractivity contribution in [1.82, 2.24) is 0 Å². The second-order valence-electron chi connectivity index (χ2n) is 3.38. The van der Waals surface area contributed by atoms with Crippen molar-refractivity contribution in [1.29, 1.82) is 0 Å². The van der Waals surface area contributed by atoms with Gasteiger partial charge in [-0.15, -0.1) is 12.3 Å². The van der Waals surface area contributed by atoms with Gasteiger partial charge in [-0.2, -0.15) is 0 Å². The highest BCUT2D eigenvalue weighted by atomic mass is 14.6. The minimum absolute atomic E-state index is 0.221. The zero-order chi connectivity index (χ0) is 9.68. The Morgan fingerprint density at radius 2 is 1.85 bits per heavy atom. The molecule has 0 saturated heterocycles. The molecule has 0 saturated carbocycles. The van der Waals surface area contributed by atoms with E-state index in [4.69, 9.17) is 12.2 Å². The van der Waals surface area contributed by atoms with Crippen LogP contribution < -0.4 is 5.73 Å². The molecular formula is C12H15N. The third kappa shape index (κ3) is 3.31. The summed E-state index contributed by atoms with van der Waals surface area (Å²) in [6.07, 6.45) is 6.84. The fourth-order valence-corrected chi connectivity index (χ4v) is 1.28. The highest BCUT2D eigenvalue weighted by molar-refractivity contribution is 5.25. The maximum atomic E-state index is 5.69. The Balaban J connectivity index is 2.65. The maximum Gasteiger partial charge on any atom is 0.0337 e. The van der Waals surface area contributed by atoms with Gasteiger partial charge in [0, 0.05) is 12.5 Å². The Kier molecular flexibility index (Phi) is 3.54. The fraction of sp³-hybridized carbons (Fsp3) is 0.333. The minimum Gasteiger partial charge on any atom is -0.328 e. The quantitative estimate of drug-likeness (QED) is 0.692. The molecule has 1 aromatic carbocycles. The van der Waals surface area contributed by atoms with Crippen molar-refractivity contribution < 1.29 is 0 Å². The van der Waals surface area contributed by atoms with Crippen LogP contribution in [0.15, 0.2) is 24.3 Å². The summed E-state index contributed by atoms with van der Waals surface area (Å²) in [4.78, 5) is 0. The molecule has 1 nitrogen and oxygen atoms in total. The van der Waals surface area contributed by atoms with E-state index in [-0.39, 0.29) is 6.04 Å². The van der Waals surface area contributed by atoms with Crippen LogP contribution in [0.3, 0.4) is 0 Å².